The van der Waals surface area contributed by atoms with Crippen LogP contribution < -0.4 is 5.32 Å². The van der Waals surface area contributed by atoms with Gasteiger partial charge >= 0.3 is 12.1 Å². The SMILES string of the molecule is CCCS(=O)(=O)CCNC(C)(C(=O)O)C(F)(F)F. The summed E-state index contributed by atoms with van der Waals surface area (Å²) in [5.41, 5.74) is -3.14. The van der Waals surface area contributed by atoms with Gasteiger partial charge in [0.05, 0.1) is 5.75 Å². The van der Waals surface area contributed by atoms with Crippen LogP contribution >= 0.6 is 0 Å². The predicted molar refractivity (Wildman–Crippen MR) is 59.0 cm³/mol. The van der Waals surface area contributed by atoms with Crippen LogP contribution in [0.4, 0.5) is 13.2 Å². The monoisotopic (exact) mass is 291 g/mol. The van der Waals surface area contributed by atoms with Crippen LogP contribution in [-0.4, -0.2) is 49.3 Å². The third kappa shape index (κ3) is 4.45. The molecule has 0 saturated heterocycles. The number of hydrogen-bond acceptors (Lipinski definition) is 4. The van der Waals surface area contributed by atoms with Crippen LogP contribution in [0.1, 0.15) is 20.3 Å². The summed E-state index contributed by atoms with van der Waals surface area (Å²) in [6, 6.07) is 0. The Morgan fingerprint density at radius 3 is 2.11 bits per heavy atom. The van der Waals surface area contributed by atoms with E-state index >= 15 is 0 Å². The van der Waals surface area contributed by atoms with Gasteiger partial charge in [-0.25, -0.2) is 13.2 Å². The summed E-state index contributed by atoms with van der Waals surface area (Å²) in [5, 5.41) is 10.3. The molecule has 0 aliphatic heterocycles. The Bertz CT molecular complexity index is 393. The minimum absolute atomic E-state index is 0.134. The van der Waals surface area contributed by atoms with E-state index in [1.54, 1.807) is 12.2 Å². The molecule has 0 saturated carbocycles. The number of carboxylic acids is 1. The van der Waals surface area contributed by atoms with Gasteiger partial charge in [-0.1, -0.05) is 6.92 Å². The largest absolute Gasteiger partial charge is 0.480 e. The first-order valence-corrected chi connectivity index (χ1v) is 7.04. The molecule has 0 radical (unpaired) electrons. The summed E-state index contributed by atoms with van der Waals surface area (Å²) in [5.74, 6) is -2.76. The Morgan fingerprint density at radius 2 is 1.78 bits per heavy atom. The number of nitrogens with one attached hydrogen (secondary N) is 1. The fraction of sp³-hybridized carbons (Fsp3) is 0.889. The van der Waals surface area contributed by atoms with E-state index in [0.29, 0.717) is 13.3 Å². The number of sulfone groups is 1. The Morgan fingerprint density at radius 1 is 1.28 bits per heavy atom. The van der Waals surface area contributed by atoms with E-state index in [1.165, 1.54) is 0 Å². The molecular formula is C9H16F3NO4S. The van der Waals surface area contributed by atoms with Crippen molar-refractivity contribution in [3.05, 3.63) is 0 Å². The normalized spacial score (nSPS) is 16.3. The van der Waals surface area contributed by atoms with Gasteiger partial charge in [0.25, 0.3) is 0 Å². The van der Waals surface area contributed by atoms with Gasteiger partial charge in [0, 0.05) is 12.3 Å². The van der Waals surface area contributed by atoms with Crippen molar-refractivity contribution in [3.8, 4) is 0 Å². The first-order valence-electron chi connectivity index (χ1n) is 5.22. The zero-order chi connectivity index (χ0) is 14.6. The number of aliphatic carboxylic acids is 1. The molecular weight excluding hydrogens is 275 g/mol. The molecule has 1 unspecified atom stereocenters. The number of carbonyl (C=O) groups is 1. The zero-order valence-corrected chi connectivity index (χ0v) is 10.9. The molecule has 0 aliphatic carbocycles. The summed E-state index contributed by atoms with van der Waals surface area (Å²) in [7, 11) is -3.45. The van der Waals surface area contributed by atoms with Crippen molar-refractivity contribution in [2.75, 3.05) is 18.1 Å². The Hall–Kier alpha value is -0.830. The maximum absolute atomic E-state index is 12.5. The van der Waals surface area contributed by atoms with E-state index in [-0.39, 0.29) is 5.75 Å². The lowest BCUT2D eigenvalue weighted by Gasteiger charge is -2.28. The highest BCUT2D eigenvalue weighted by Crippen LogP contribution is 2.30. The fourth-order valence-electron chi connectivity index (χ4n) is 1.17. The van der Waals surface area contributed by atoms with Crippen molar-refractivity contribution < 1.29 is 31.5 Å². The number of carboxylic acid groups (broad SMARTS) is 1. The summed E-state index contributed by atoms with van der Waals surface area (Å²) in [4.78, 5) is 10.6. The van der Waals surface area contributed by atoms with Crippen molar-refractivity contribution in [2.45, 2.75) is 32.0 Å². The van der Waals surface area contributed by atoms with Crippen LogP contribution in [-0.2, 0) is 14.6 Å². The molecule has 0 aromatic heterocycles. The van der Waals surface area contributed by atoms with Gasteiger partial charge < -0.3 is 5.11 Å². The van der Waals surface area contributed by atoms with Gasteiger partial charge in [-0.2, -0.15) is 13.2 Å². The Kier molecular flexibility index (Phi) is 5.60. The van der Waals surface area contributed by atoms with E-state index in [1.807, 2.05) is 0 Å². The molecule has 2 N–H and O–H groups in total. The first kappa shape index (κ1) is 17.2. The molecule has 0 fully saturated rings. The van der Waals surface area contributed by atoms with Gasteiger partial charge in [-0.05, 0) is 13.3 Å². The molecule has 108 valence electrons. The second kappa shape index (κ2) is 5.87. The van der Waals surface area contributed by atoms with Crippen LogP contribution in [0.2, 0.25) is 0 Å². The van der Waals surface area contributed by atoms with Crippen LogP contribution in [0.15, 0.2) is 0 Å². The van der Waals surface area contributed by atoms with Gasteiger partial charge in [0.2, 0.25) is 5.54 Å². The highest BCUT2D eigenvalue weighted by atomic mass is 32.2. The third-order valence-corrected chi connectivity index (χ3v) is 4.26. The van der Waals surface area contributed by atoms with E-state index in [2.05, 4.69) is 0 Å². The average molecular weight is 291 g/mol. The number of alkyl halides is 3. The van der Waals surface area contributed by atoms with Crippen molar-refractivity contribution in [1.29, 1.82) is 0 Å². The Balaban J connectivity index is 4.64. The van der Waals surface area contributed by atoms with Gasteiger partial charge in [-0.15, -0.1) is 0 Å². The molecule has 5 nitrogen and oxygen atoms in total. The lowest BCUT2D eigenvalue weighted by Crippen LogP contribution is -2.60. The van der Waals surface area contributed by atoms with Crippen molar-refractivity contribution in [3.63, 3.8) is 0 Å². The Labute approximate surface area is 103 Å². The number of hydrogen-bond donors (Lipinski definition) is 2. The van der Waals surface area contributed by atoms with E-state index < -0.39 is 39.8 Å². The summed E-state index contributed by atoms with van der Waals surface area (Å²) >= 11 is 0. The van der Waals surface area contributed by atoms with Gasteiger partial charge in [0.1, 0.15) is 0 Å². The molecule has 18 heavy (non-hydrogen) atoms. The van der Waals surface area contributed by atoms with Crippen molar-refractivity contribution in [1.82, 2.24) is 5.32 Å². The van der Waals surface area contributed by atoms with Crippen LogP contribution in [0.3, 0.4) is 0 Å². The average Bonchev–Trinajstić information content (AvgIpc) is 2.14. The summed E-state index contributed by atoms with van der Waals surface area (Å²) in [6.45, 7) is 1.52. The fourth-order valence-corrected chi connectivity index (χ4v) is 2.41. The quantitative estimate of drug-likeness (QED) is 0.725. The van der Waals surface area contributed by atoms with Crippen LogP contribution in [0.25, 0.3) is 0 Å². The third-order valence-electron chi connectivity index (χ3n) is 2.40. The van der Waals surface area contributed by atoms with Crippen molar-refractivity contribution in [2.24, 2.45) is 0 Å². The summed E-state index contributed by atoms with van der Waals surface area (Å²) < 4.78 is 60.1. The molecule has 0 aromatic rings. The maximum Gasteiger partial charge on any atom is 0.417 e. The van der Waals surface area contributed by atoms with E-state index in [0.717, 1.165) is 0 Å². The smallest absolute Gasteiger partial charge is 0.417 e. The first-order chi connectivity index (χ1) is 7.96. The van der Waals surface area contributed by atoms with Crippen LogP contribution in [0, 0.1) is 0 Å². The van der Waals surface area contributed by atoms with Crippen molar-refractivity contribution >= 4 is 15.8 Å². The summed E-state index contributed by atoms with van der Waals surface area (Å²) in [6.07, 6.45) is -4.65. The zero-order valence-electron chi connectivity index (χ0n) is 10.0. The second-order valence-corrected chi connectivity index (χ2v) is 6.31. The molecule has 0 bridgehead atoms. The minimum Gasteiger partial charge on any atom is -0.480 e. The van der Waals surface area contributed by atoms with Gasteiger partial charge in [0.15, 0.2) is 9.84 Å². The lowest BCUT2D eigenvalue weighted by atomic mass is 10.0. The number of rotatable bonds is 7. The van der Waals surface area contributed by atoms with E-state index in [4.69, 9.17) is 5.11 Å². The highest BCUT2D eigenvalue weighted by Gasteiger charge is 2.57. The molecule has 0 aromatic carbocycles. The molecule has 0 amide bonds. The maximum atomic E-state index is 12.5. The topological polar surface area (TPSA) is 83.5 Å². The highest BCUT2D eigenvalue weighted by molar-refractivity contribution is 7.91. The van der Waals surface area contributed by atoms with E-state index in [9.17, 15) is 26.4 Å². The molecule has 0 rings (SSSR count). The van der Waals surface area contributed by atoms with Crippen LogP contribution in [0.5, 0.6) is 0 Å². The lowest BCUT2D eigenvalue weighted by molar-refractivity contribution is -0.205. The molecule has 1 atom stereocenters. The van der Waals surface area contributed by atoms with Gasteiger partial charge in [-0.3, -0.25) is 5.32 Å². The second-order valence-electron chi connectivity index (χ2n) is 4.01. The molecule has 0 aliphatic rings. The molecule has 0 heterocycles. The molecule has 9 heteroatoms. The standard InChI is InChI=1S/C9H16F3NO4S/c1-3-5-18(16,17)6-4-13-8(2,7(14)15)9(10,11)12/h13H,3-6H2,1-2H3,(H,14,15). The minimum atomic E-state index is -5.01. The number of halogens is 3. The molecule has 0 spiro atoms. The predicted octanol–water partition coefficient (Wildman–Crippen LogP) is 0.806.